The van der Waals surface area contributed by atoms with Gasteiger partial charge >= 0.3 is 0 Å². The van der Waals surface area contributed by atoms with Crippen molar-refractivity contribution in [2.24, 2.45) is 0 Å². The number of rotatable bonds is 5. The Bertz CT molecular complexity index is 853. The highest BCUT2D eigenvalue weighted by atomic mass is 32.2. The van der Waals surface area contributed by atoms with Crippen molar-refractivity contribution >= 4 is 23.5 Å². The monoisotopic (exact) mass is 394 g/mol. The third kappa shape index (κ3) is 4.14. The second-order valence-corrected chi connectivity index (χ2v) is 9.07. The van der Waals surface area contributed by atoms with E-state index in [0.29, 0.717) is 5.92 Å². The lowest BCUT2D eigenvalue weighted by Crippen LogP contribution is -2.45. The van der Waals surface area contributed by atoms with E-state index < -0.39 is 0 Å². The summed E-state index contributed by atoms with van der Waals surface area (Å²) in [5.41, 5.74) is 5.44. The maximum atomic E-state index is 9.11. The predicted octanol–water partition coefficient (Wildman–Crippen LogP) is 4.77. The SMILES string of the molecule is CC(C)c1ccc2c(c1)C(N1CCN(CCCO)CC1)=Cc1ccccc1S2. The van der Waals surface area contributed by atoms with E-state index in [4.69, 9.17) is 5.11 Å². The van der Waals surface area contributed by atoms with Crippen LogP contribution in [0.4, 0.5) is 0 Å². The molecule has 0 unspecified atom stereocenters. The number of benzene rings is 2. The van der Waals surface area contributed by atoms with Gasteiger partial charge in [-0.1, -0.05) is 49.9 Å². The summed E-state index contributed by atoms with van der Waals surface area (Å²) in [6, 6.07) is 15.7. The standard InChI is InChI=1S/C24H30N2OS/c1-18(2)19-8-9-24-21(16-19)22(17-20-6-3-4-7-23(20)28-24)26-13-11-25(12-14-26)10-5-15-27/h3-4,6-9,16-18,27H,5,10-15H2,1-2H3. The summed E-state index contributed by atoms with van der Waals surface area (Å²) in [6.07, 6.45) is 3.26. The smallest absolute Gasteiger partial charge is 0.0458 e. The van der Waals surface area contributed by atoms with Crippen LogP contribution in [0.25, 0.3) is 11.8 Å². The second-order valence-electron chi connectivity index (χ2n) is 7.99. The molecule has 0 radical (unpaired) electrons. The van der Waals surface area contributed by atoms with Gasteiger partial charge in [0.2, 0.25) is 0 Å². The first-order valence-corrected chi connectivity index (χ1v) is 11.2. The molecular weight excluding hydrogens is 364 g/mol. The van der Waals surface area contributed by atoms with Crippen molar-refractivity contribution in [2.45, 2.75) is 36.0 Å². The maximum Gasteiger partial charge on any atom is 0.0458 e. The summed E-state index contributed by atoms with van der Waals surface area (Å²) >= 11 is 1.89. The van der Waals surface area contributed by atoms with Gasteiger partial charge < -0.3 is 10.0 Å². The summed E-state index contributed by atoms with van der Waals surface area (Å²) in [7, 11) is 0. The molecule has 28 heavy (non-hydrogen) atoms. The Morgan fingerprint density at radius 1 is 1.00 bits per heavy atom. The third-order valence-electron chi connectivity index (χ3n) is 5.72. The Labute approximate surface area is 173 Å². The molecule has 148 valence electrons. The van der Waals surface area contributed by atoms with E-state index in [-0.39, 0.29) is 6.61 Å². The first-order valence-electron chi connectivity index (χ1n) is 10.4. The lowest BCUT2D eigenvalue weighted by Gasteiger charge is -2.37. The van der Waals surface area contributed by atoms with Crippen molar-refractivity contribution in [3.63, 3.8) is 0 Å². The predicted molar refractivity (Wildman–Crippen MR) is 119 cm³/mol. The minimum absolute atomic E-state index is 0.282. The van der Waals surface area contributed by atoms with Crippen LogP contribution in [0, 0.1) is 0 Å². The van der Waals surface area contributed by atoms with Crippen molar-refractivity contribution in [2.75, 3.05) is 39.3 Å². The highest BCUT2D eigenvalue weighted by Gasteiger charge is 2.24. The molecule has 1 saturated heterocycles. The molecule has 0 amide bonds. The zero-order chi connectivity index (χ0) is 19.5. The van der Waals surface area contributed by atoms with Gasteiger partial charge in [-0.15, -0.1) is 0 Å². The first kappa shape index (κ1) is 19.6. The number of aliphatic hydroxyl groups excluding tert-OH is 1. The summed E-state index contributed by atoms with van der Waals surface area (Å²) in [5, 5.41) is 9.11. The Morgan fingerprint density at radius 2 is 1.79 bits per heavy atom. The van der Waals surface area contributed by atoms with Gasteiger partial charge in [-0.05, 0) is 47.7 Å². The Balaban J connectivity index is 1.68. The zero-order valence-electron chi connectivity index (χ0n) is 16.9. The van der Waals surface area contributed by atoms with Gasteiger partial charge in [0.05, 0.1) is 0 Å². The van der Waals surface area contributed by atoms with Gasteiger partial charge in [0.25, 0.3) is 0 Å². The number of fused-ring (bicyclic) bond motifs is 2. The minimum Gasteiger partial charge on any atom is -0.396 e. The quantitative estimate of drug-likeness (QED) is 0.790. The lowest BCUT2D eigenvalue weighted by atomic mass is 9.98. The Hall–Kier alpha value is -1.75. The molecule has 0 saturated carbocycles. The Morgan fingerprint density at radius 3 is 2.54 bits per heavy atom. The third-order valence-corrected chi connectivity index (χ3v) is 6.89. The molecule has 1 fully saturated rings. The summed E-state index contributed by atoms with van der Waals surface area (Å²) in [6.45, 7) is 10.0. The lowest BCUT2D eigenvalue weighted by molar-refractivity contribution is 0.161. The molecule has 0 atom stereocenters. The van der Waals surface area contributed by atoms with E-state index in [9.17, 15) is 0 Å². The molecule has 0 aliphatic carbocycles. The van der Waals surface area contributed by atoms with E-state index in [1.54, 1.807) is 0 Å². The van der Waals surface area contributed by atoms with Crippen LogP contribution in [-0.4, -0.2) is 54.2 Å². The van der Waals surface area contributed by atoms with Gasteiger partial charge in [0.15, 0.2) is 0 Å². The number of hydrogen-bond acceptors (Lipinski definition) is 4. The molecule has 1 N–H and O–H groups in total. The number of nitrogens with zero attached hydrogens (tertiary/aromatic N) is 2. The van der Waals surface area contributed by atoms with E-state index in [1.807, 2.05) is 11.8 Å². The fourth-order valence-corrected chi connectivity index (χ4v) is 5.04. The highest BCUT2D eigenvalue weighted by Crippen LogP contribution is 2.42. The molecule has 2 aliphatic heterocycles. The molecule has 4 rings (SSSR count). The summed E-state index contributed by atoms with van der Waals surface area (Å²) in [5.74, 6) is 0.525. The normalized spacial score (nSPS) is 17.1. The molecular formula is C24H30N2OS. The highest BCUT2D eigenvalue weighted by molar-refractivity contribution is 7.99. The largest absolute Gasteiger partial charge is 0.396 e. The molecule has 2 aliphatic rings. The van der Waals surface area contributed by atoms with Crippen molar-refractivity contribution < 1.29 is 5.11 Å². The average Bonchev–Trinajstić information content (AvgIpc) is 2.88. The van der Waals surface area contributed by atoms with E-state index in [0.717, 1.165) is 39.1 Å². The summed E-state index contributed by atoms with van der Waals surface area (Å²) < 4.78 is 0. The molecule has 2 aromatic rings. The first-order chi connectivity index (χ1) is 13.7. The molecule has 0 spiro atoms. The van der Waals surface area contributed by atoms with Crippen molar-refractivity contribution in [3.05, 3.63) is 59.2 Å². The fourth-order valence-electron chi connectivity index (χ4n) is 4.00. The van der Waals surface area contributed by atoms with Gasteiger partial charge in [-0.2, -0.15) is 0 Å². The van der Waals surface area contributed by atoms with Crippen molar-refractivity contribution in [3.8, 4) is 0 Å². The van der Waals surface area contributed by atoms with E-state index in [1.165, 1.54) is 32.2 Å². The molecule has 0 bridgehead atoms. The van der Waals surface area contributed by atoms with Gasteiger partial charge in [0, 0.05) is 60.4 Å². The van der Waals surface area contributed by atoms with Crippen molar-refractivity contribution in [1.82, 2.24) is 9.80 Å². The molecule has 0 aromatic heterocycles. The number of aliphatic hydroxyl groups is 1. The molecule has 2 heterocycles. The Kier molecular flexibility index (Phi) is 6.10. The van der Waals surface area contributed by atoms with Crippen LogP contribution in [-0.2, 0) is 0 Å². The number of piperazine rings is 1. The minimum atomic E-state index is 0.282. The fraction of sp³-hybridized carbons (Fsp3) is 0.417. The van der Waals surface area contributed by atoms with Crippen LogP contribution in [0.5, 0.6) is 0 Å². The van der Waals surface area contributed by atoms with Gasteiger partial charge in [-0.25, -0.2) is 0 Å². The molecule has 4 heteroatoms. The van der Waals surface area contributed by atoms with E-state index in [2.05, 4.69) is 72.2 Å². The second kappa shape index (κ2) is 8.73. The maximum absolute atomic E-state index is 9.11. The van der Waals surface area contributed by atoms with Gasteiger partial charge in [0.1, 0.15) is 0 Å². The van der Waals surface area contributed by atoms with Crippen LogP contribution in [0.15, 0.2) is 52.3 Å². The van der Waals surface area contributed by atoms with Crippen molar-refractivity contribution in [1.29, 1.82) is 0 Å². The van der Waals surface area contributed by atoms with Crippen LogP contribution in [0.2, 0.25) is 0 Å². The van der Waals surface area contributed by atoms with Crippen LogP contribution in [0.3, 0.4) is 0 Å². The molecule has 3 nitrogen and oxygen atoms in total. The molecule has 2 aromatic carbocycles. The average molecular weight is 395 g/mol. The zero-order valence-corrected chi connectivity index (χ0v) is 17.7. The van der Waals surface area contributed by atoms with Crippen LogP contribution in [0.1, 0.15) is 42.9 Å². The summed E-state index contributed by atoms with van der Waals surface area (Å²) in [4.78, 5) is 7.71. The van der Waals surface area contributed by atoms with Crippen LogP contribution < -0.4 is 0 Å². The number of hydrogen-bond donors (Lipinski definition) is 1. The van der Waals surface area contributed by atoms with Crippen LogP contribution >= 0.6 is 11.8 Å². The van der Waals surface area contributed by atoms with E-state index >= 15 is 0 Å². The van der Waals surface area contributed by atoms with Gasteiger partial charge in [-0.3, -0.25) is 4.90 Å². The topological polar surface area (TPSA) is 26.7 Å².